The standard InChI is InChI=1S/C14H14N2OS/c17-14-4-1-11-7-12(2-3-13(11)16-14)15-8-10-5-6-18-9-10/h2-3,5-7,9,15H,1,4,8H2,(H,16,17). The lowest BCUT2D eigenvalue weighted by molar-refractivity contribution is -0.116. The van der Waals surface area contributed by atoms with E-state index in [0.717, 1.165) is 24.3 Å². The number of amides is 1. The third-order valence-corrected chi connectivity index (χ3v) is 3.81. The Kier molecular flexibility index (Phi) is 3.02. The Bertz CT molecular complexity index is 563. The smallest absolute Gasteiger partial charge is 0.224 e. The zero-order valence-corrected chi connectivity index (χ0v) is 10.7. The largest absolute Gasteiger partial charge is 0.381 e. The molecule has 1 aromatic carbocycles. The maximum atomic E-state index is 11.3. The second-order valence-electron chi connectivity index (χ2n) is 4.41. The van der Waals surface area contributed by atoms with Gasteiger partial charge in [0.2, 0.25) is 5.91 Å². The van der Waals surface area contributed by atoms with Crippen LogP contribution in [0, 0.1) is 0 Å². The molecule has 4 heteroatoms. The Balaban J connectivity index is 1.72. The Morgan fingerprint density at radius 2 is 2.22 bits per heavy atom. The molecule has 0 bridgehead atoms. The summed E-state index contributed by atoms with van der Waals surface area (Å²) in [6.07, 6.45) is 1.41. The molecule has 3 rings (SSSR count). The maximum absolute atomic E-state index is 11.3. The summed E-state index contributed by atoms with van der Waals surface area (Å²) < 4.78 is 0. The summed E-state index contributed by atoms with van der Waals surface area (Å²) in [5.41, 5.74) is 4.57. The van der Waals surface area contributed by atoms with Crippen LogP contribution < -0.4 is 10.6 Å². The zero-order chi connectivity index (χ0) is 12.4. The number of benzene rings is 1. The van der Waals surface area contributed by atoms with Crippen molar-refractivity contribution in [3.8, 4) is 0 Å². The van der Waals surface area contributed by atoms with Gasteiger partial charge in [-0.15, -0.1) is 0 Å². The molecule has 18 heavy (non-hydrogen) atoms. The van der Waals surface area contributed by atoms with Gasteiger partial charge in [0, 0.05) is 24.3 Å². The van der Waals surface area contributed by atoms with Crippen molar-refractivity contribution < 1.29 is 4.79 Å². The Labute approximate surface area is 110 Å². The highest BCUT2D eigenvalue weighted by Gasteiger charge is 2.14. The van der Waals surface area contributed by atoms with Crippen molar-refractivity contribution >= 4 is 28.6 Å². The fourth-order valence-electron chi connectivity index (χ4n) is 2.09. The van der Waals surface area contributed by atoms with E-state index in [9.17, 15) is 4.79 Å². The molecule has 0 radical (unpaired) electrons. The number of fused-ring (bicyclic) bond motifs is 1. The first kappa shape index (κ1) is 11.3. The molecule has 0 spiro atoms. The number of anilines is 2. The fourth-order valence-corrected chi connectivity index (χ4v) is 2.76. The molecule has 2 heterocycles. The molecule has 2 N–H and O–H groups in total. The monoisotopic (exact) mass is 258 g/mol. The van der Waals surface area contributed by atoms with Gasteiger partial charge in [-0.1, -0.05) is 0 Å². The Morgan fingerprint density at radius 1 is 1.28 bits per heavy atom. The van der Waals surface area contributed by atoms with E-state index in [2.05, 4.69) is 33.5 Å². The van der Waals surface area contributed by atoms with E-state index in [1.54, 1.807) is 11.3 Å². The maximum Gasteiger partial charge on any atom is 0.224 e. The van der Waals surface area contributed by atoms with Crippen molar-refractivity contribution in [3.63, 3.8) is 0 Å². The minimum absolute atomic E-state index is 0.112. The van der Waals surface area contributed by atoms with Gasteiger partial charge in [-0.2, -0.15) is 11.3 Å². The number of aryl methyl sites for hydroxylation is 1. The van der Waals surface area contributed by atoms with Crippen molar-refractivity contribution in [2.24, 2.45) is 0 Å². The number of carbonyl (C=O) groups excluding carboxylic acids is 1. The Hall–Kier alpha value is -1.81. The molecule has 0 atom stereocenters. The average Bonchev–Trinajstić information content (AvgIpc) is 2.89. The van der Waals surface area contributed by atoms with Crippen molar-refractivity contribution in [2.45, 2.75) is 19.4 Å². The quantitative estimate of drug-likeness (QED) is 0.887. The zero-order valence-electron chi connectivity index (χ0n) is 9.90. The van der Waals surface area contributed by atoms with Crippen LogP contribution >= 0.6 is 11.3 Å². The van der Waals surface area contributed by atoms with E-state index in [1.165, 1.54) is 11.1 Å². The van der Waals surface area contributed by atoms with Gasteiger partial charge in [0.1, 0.15) is 0 Å². The van der Waals surface area contributed by atoms with Crippen LogP contribution in [0.4, 0.5) is 11.4 Å². The molecule has 3 nitrogen and oxygen atoms in total. The second kappa shape index (κ2) is 4.82. The molecule has 1 aliphatic rings. The third-order valence-electron chi connectivity index (χ3n) is 3.08. The van der Waals surface area contributed by atoms with E-state index in [4.69, 9.17) is 0 Å². The van der Waals surface area contributed by atoms with Crippen LogP contribution in [-0.2, 0) is 17.8 Å². The van der Waals surface area contributed by atoms with Crippen molar-refractivity contribution in [1.82, 2.24) is 0 Å². The van der Waals surface area contributed by atoms with Gasteiger partial charge >= 0.3 is 0 Å². The summed E-state index contributed by atoms with van der Waals surface area (Å²) >= 11 is 1.71. The third kappa shape index (κ3) is 2.38. The number of nitrogens with one attached hydrogen (secondary N) is 2. The van der Waals surface area contributed by atoms with Gasteiger partial charge in [0.25, 0.3) is 0 Å². The molecular formula is C14H14N2OS. The van der Waals surface area contributed by atoms with Crippen LogP contribution in [0.2, 0.25) is 0 Å². The summed E-state index contributed by atoms with van der Waals surface area (Å²) in [5.74, 6) is 0.112. The first-order chi connectivity index (χ1) is 8.81. The lowest BCUT2D eigenvalue weighted by Gasteiger charge is -2.18. The predicted octanol–water partition coefficient (Wildman–Crippen LogP) is 3.24. The predicted molar refractivity (Wildman–Crippen MR) is 75.0 cm³/mol. The normalized spacial score (nSPS) is 13.9. The molecule has 0 aliphatic carbocycles. The summed E-state index contributed by atoms with van der Waals surface area (Å²) in [4.78, 5) is 11.3. The van der Waals surface area contributed by atoms with E-state index in [1.807, 2.05) is 12.1 Å². The molecule has 2 aromatic rings. The van der Waals surface area contributed by atoms with Crippen LogP contribution in [0.1, 0.15) is 17.5 Å². The summed E-state index contributed by atoms with van der Waals surface area (Å²) in [6, 6.07) is 8.23. The fraction of sp³-hybridized carbons (Fsp3) is 0.214. The van der Waals surface area contributed by atoms with E-state index in [0.29, 0.717) is 6.42 Å². The van der Waals surface area contributed by atoms with Gasteiger partial charge < -0.3 is 10.6 Å². The molecule has 1 aliphatic heterocycles. The molecule has 0 saturated heterocycles. The summed E-state index contributed by atoms with van der Waals surface area (Å²) in [7, 11) is 0. The van der Waals surface area contributed by atoms with Crippen LogP contribution in [0.5, 0.6) is 0 Å². The molecule has 0 unspecified atom stereocenters. The number of hydrogen-bond donors (Lipinski definition) is 2. The molecule has 92 valence electrons. The highest BCUT2D eigenvalue weighted by atomic mass is 32.1. The summed E-state index contributed by atoms with van der Waals surface area (Å²) in [6.45, 7) is 0.842. The first-order valence-electron chi connectivity index (χ1n) is 5.99. The number of hydrogen-bond acceptors (Lipinski definition) is 3. The second-order valence-corrected chi connectivity index (χ2v) is 5.19. The van der Waals surface area contributed by atoms with Gasteiger partial charge in [-0.3, -0.25) is 4.79 Å². The van der Waals surface area contributed by atoms with Crippen LogP contribution in [0.3, 0.4) is 0 Å². The van der Waals surface area contributed by atoms with Crippen molar-refractivity contribution in [1.29, 1.82) is 0 Å². The minimum atomic E-state index is 0.112. The van der Waals surface area contributed by atoms with Crippen molar-refractivity contribution in [3.05, 3.63) is 46.2 Å². The average molecular weight is 258 g/mol. The molecular weight excluding hydrogens is 244 g/mol. The summed E-state index contributed by atoms with van der Waals surface area (Å²) in [5, 5.41) is 10.5. The number of rotatable bonds is 3. The van der Waals surface area contributed by atoms with Gasteiger partial charge in [0.15, 0.2) is 0 Å². The molecule has 1 amide bonds. The number of thiophene rings is 1. The minimum Gasteiger partial charge on any atom is -0.381 e. The van der Waals surface area contributed by atoms with Crippen LogP contribution in [0.15, 0.2) is 35.0 Å². The Morgan fingerprint density at radius 3 is 3.06 bits per heavy atom. The van der Waals surface area contributed by atoms with Crippen molar-refractivity contribution in [2.75, 3.05) is 10.6 Å². The van der Waals surface area contributed by atoms with E-state index in [-0.39, 0.29) is 5.91 Å². The van der Waals surface area contributed by atoms with Gasteiger partial charge in [0.05, 0.1) is 0 Å². The molecule has 0 fully saturated rings. The van der Waals surface area contributed by atoms with Gasteiger partial charge in [-0.05, 0) is 52.6 Å². The van der Waals surface area contributed by atoms with E-state index >= 15 is 0 Å². The van der Waals surface area contributed by atoms with Crippen LogP contribution in [0.25, 0.3) is 0 Å². The highest BCUT2D eigenvalue weighted by Crippen LogP contribution is 2.25. The highest BCUT2D eigenvalue weighted by molar-refractivity contribution is 7.07. The SMILES string of the molecule is O=C1CCc2cc(NCc3ccsc3)ccc2N1. The van der Waals surface area contributed by atoms with E-state index < -0.39 is 0 Å². The molecule has 0 saturated carbocycles. The topological polar surface area (TPSA) is 41.1 Å². The number of carbonyl (C=O) groups is 1. The molecule has 1 aromatic heterocycles. The lowest BCUT2D eigenvalue weighted by Crippen LogP contribution is -2.18. The van der Waals surface area contributed by atoms with Gasteiger partial charge in [-0.25, -0.2) is 0 Å². The van der Waals surface area contributed by atoms with Crippen LogP contribution in [-0.4, -0.2) is 5.91 Å². The first-order valence-corrected chi connectivity index (χ1v) is 6.93. The lowest BCUT2D eigenvalue weighted by atomic mass is 10.0.